The zero-order valence-electron chi connectivity index (χ0n) is 6.39. The van der Waals surface area contributed by atoms with Crippen LogP contribution in [-0.4, -0.2) is 11.8 Å². The van der Waals surface area contributed by atoms with E-state index in [9.17, 15) is 9.59 Å². The Morgan fingerprint density at radius 3 is 2.36 bits per heavy atom. The fraction of sp³-hybridized carbons (Fsp3) is 0.429. The summed E-state index contributed by atoms with van der Waals surface area (Å²) < 4.78 is 5.25. The molecule has 0 aromatic heterocycles. The third-order valence-electron chi connectivity index (χ3n) is 0.746. The number of carbonyl (C=O) groups is 2. The predicted molar refractivity (Wildman–Crippen MR) is 44.1 cm³/mol. The number of esters is 1. The quantitative estimate of drug-likeness (QED) is 0.414. The van der Waals surface area contributed by atoms with E-state index in [2.05, 4.69) is 20.7 Å². The molecule has 0 unspecified atom stereocenters. The molecule has 0 amide bonds. The van der Waals surface area contributed by atoms with E-state index in [1.807, 2.05) is 0 Å². The van der Waals surface area contributed by atoms with Gasteiger partial charge in [-0.25, -0.2) is 0 Å². The highest BCUT2D eigenvalue weighted by molar-refractivity contribution is 9.11. The first-order chi connectivity index (χ1) is 5.02. The molecule has 0 bridgehead atoms. The van der Waals surface area contributed by atoms with Gasteiger partial charge in [-0.2, -0.15) is 0 Å². The number of allylic oxidation sites excluding steroid dienone is 1. The number of ether oxygens (including phenoxy) is 1. The number of halogens is 1. The number of hydrogen-bond donors (Lipinski definition) is 0. The standard InChI is InChI=1S/C7H9BrO3/c1-5(8)4-11-7(10)3-6(2)9/h4H,3H2,1-2H3. The third-order valence-corrected chi connectivity index (χ3v) is 0.933. The zero-order valence-corrected chi connectivity index (χ0v) is 7.97. The summed E-state index contributed by atoms with van der Waals surface area (Å²) in [5, 5.41) is 0. The van der Waals surface area contributed by atoms with Gasteiger partial charge >= 0.3 is 5.97 Å². The van der Waals surface area contributed by atoms with Gasteiger partial charge in [0.05, 0.1) is 0 Å². The predicted octanol–water partition coefficient (Wildman–Crippen LogP) is 1.76. The van der Waals surface area contributed by atoms with Gasteiger partial charge < -0.3 is 4.74 Å². The summed E-state index contributed by atoms with van der Waals surface area (Å²) in [5.74, 6) is -0.730. The van der Waals surface area contributed by atoms with Gasteiger partial charge in [0.1, 0.15) is 18.5 Å². The number of ketones is 1. The van der Waals surface area contributed by atoms with Crippen LogP contribution in [0.5, 0.6) is 0 Å². The van der Waals surface area contributed by atoms with Crippen molar-refractivity contribution in [3.05, 3.63) is 10.7 Å². The van der Waals surface area contributed by atoms with Gasteiger partial charge in [0.25, 0.3) is 0 Å². The lowest BCUT2D eigenvalue weighted by molar-refractivity contribution is -0.140. The monoisotopic (exact) mass is 220 g/mol. The molecule has 0 radical (unpaired) electrons. The smallest absolute Gasteiger partial charge is 0.318 e. The summed E-state index contributed by atoms with van der Waals surface area (Å²) in [4.78, 5) is 21.0. The molecule has 0 aliphatic carbocycles. The number of carbonyl (C=O) groups excluding carboxylic acids is 2. The molecule has 0 spiro atoms. The minimum Gasteiger partial charge on any atom is -0.433 e. The van der Waals surface area contributed by atoms with Gasteiger partial charge in [-0.05, 0) is 13.8 Å². The number of rotatable bonds is 3. The molecular formula is C7H9BrO3. The van der Waals surface area contributed by atoms with Crippen LogP contribution in [0.2, 0.25) is 0 Å². The fourth-order valence-electron chi connectivity index (χ4n) is 0.392. The maximum Gasteiger partial charge on any atom is 0.318 e. The van der Waals surface area contributed by atoms with Crippen LogP contribution < -0.4 is 0 Å². The van der Waals surface area contributed by atoms with Gasteiger partial charge in [-0.1, -0.05) is 15.9 Å². The van der Waals surface area contributed by atoms with E-state index in [1.165, 1.54) is 13.2 Å². The number of hydrogen-bond acceptors (Lipinski definition) is 3. The van der Waals surface area contributed by atoms with Crippen LogP contribution in [0.15, 0.2) is 10.7 Å². The Balaban J connectivity index is 3.71. The second-order valence-electron chi connectivity index (χ2n) is 2.07. The molecule has 0 aliphatic rings. The molecule has 0 rings (SSSR count). The van der Waals surface area contributed by atoms with Crippen molar-refractivity contribution < 1.29 is 14.3 Å². The molecule has 4 heteroatoms. The summed E-state index contributed by atoms with van der Waals surface area (Å²) in [6.45, 7) is 3.06. The van der Waals surface area contributed by atoms with Crippen LogP contribution in [0, 0.1) is 0 Å². The lowest BCUT2D eigenvalue weighted by Crippen LogP contribution is -2.05. The summed E-state index contributed by atoms with van der Waals surface area (Å²) in [6, 6.07) is 0. The third kappa shape index (κ3) is 7.25. The molecule has 3 nitrogen and oxygen atoms in total. The first-order valence-corrected chi connectivity index (χ1v) is 3.83. The molecule has 62 valence electrons. The van der Waals surface area contributed by atoms with Crippen LogP contribution in [-0.2, 0) is 14.3 Å². The minimum absolute atomic E-state index is 0.170. The van der Waals surface area contributed by atoms with Crippen LogP contribution in [0.3, 0.4) is 0 Å². The molecule has 0 heterocycles. The van der Waals surface area contributed by atoms with Crippen molar-refractivity contribution in [1.82, 2.24) is 0 Å². The summed E-state index contributed by atoms with van der Waals surface area (Å²) in [6.07, 6.45) is 1.09. The second kappa shape index (κ2) is 5.07. The highest BCUT2D eigenvalue weighted by Crippen LogP contribution is 2.02. The fourth-order valence-corrected chi connectivity index (χ4v) is 0.485. The molecular weight excluding hydrogens is 212 g/mol. The Hall–Kier alpha value is -0.640. The van der Waals surface area contributed by atoms with Gasteiger partial charge in [0.2, 0.25) is 0 Å². The van der Waals surface area contributed by atoms with Crippen molar-refractivity contribution in [2.24, 2.45) is 0 Å². The molecule has 0 aromatic rings. The van der Waals surface area contributed by atoms with Crippen molar-refractivity contribution in [1.29, 1.82) is 0 Å². The summed E-state index contributed by atoms with van der Waals surface area (Å²) in [5.41, 5.74) is 0. The Bertz CT molecular complexity index is 192. The van der Waals surface area contributed by atoms with E-state index < -0.39 is 5.97 Å². The highest BCUT2D eigenvalue weighted by Gasteiger charge is 2.03. The maximum absolute atomic E-state index is 10.6. The molecule has 11 heavy (non-hydrogen) atoms. The average Bonchev–Trinajstić information content (AvgIpc) is 1.82. The van der Waals surface area contributed by atoms with Gasteiger partial charge in [-0.15, -0.1) is 0 Å². The Labute approximate surface area is 73.5 Å². The molecule has 0 saturated heterocycles. The Kier molecular flexibility index (Phi) is 4.77. The molecule has 0 N–H and O–H groups in total. The van der Waals surface area contributed by atoms with Crippen molar-refractivity contribution in [3.63, 3.8) is 0 Å². The molecule has 0 saturated carbocycles. The van der Waals surface area contributed by atoms with E-state index in [-0.39, 0.29) is 12.2 Å². The maximum atomic E-state index is 10.6. The van der Waals surface area contributed by atoms with Crippen molar-refractivity contribution >= 4 is 27.7 Å². The first kappa shape index (κ1) is 10.4. The topological polar surface area (TPSA) is 43.4 Å². The van der Waals surface area contributed by atoms with Crippen LogP contribution in [0.4, 0.5) is 0 Å². The van der Waals surface area contributed by atoms with E-state index in [0.717, 1.165) is 0 Å². The molecule has 0 aliphatic heterocycles. The van der Waals surface area contributed by atoms with Gasteiger partial charge in [-0.3, -0.25) is 9.59 Å². The highest BCUT2D eigenvalue weighted by atomic mass is 79.9. The lowest BCUT2D eigenvalue weighted by atomic mass is 10.3. The number of Topliss-reactive ketones (excluding diaryl/α,β-unsaturated/α-hetero) is 1. The van der Waals surface area contributed by atoms with Crippen LogP contribution in [0.25, 0.3) is 0 Å². The molecule has 0 aromatic carbocycles. The van der Waals surface area contributed by atoms with E-state index in [0.29, 0.717) is 4.48 Å². The van der Waals surface area contributed by atoms with Crippen molar-refractivity contribution in [3.8, 4) is 0 Å². The molecule has 0 fully saturated rings. The van der Waals surface area contributed by atoms with Gasteiger partial charge in [0, 0.05) is 4.48 Å². The zero-order chi connectivity index (χ0) is 8.85. The minimum atomic E-state index is -0.531. The SMILES string of the molecule is CC(=O)CC(=O)OC=C(C)Br. The largest absolute Gasteiger partial charge is 0.433 e. The van der Waals surface area contributed by atoms with Gasteiger partial charge in [0.15, 0.2) is 0 Å². The van der Waals surface area contributed by atoms with Crippen molar-refractivity contribution in [2.75, 3.05) is 0 Å². The summed E-state index contributed by atoms with van der Waals surface area (Å²) in [7, 11) is 0. The first-order valence-electron chi connectivity index (χ1n) is 3.03. The van der Waals surface area contributed by atoms with Crippen LogP contribution in [0.1, 0.15) is 20.3 Å². The summed E-state index contributed by atoms with van der Waals surface area (Å²) >= 11 is 3.07. The van der Waals surface area contributed by atoms with E-state index in [1.54, 1.807) is 6.92 Å². The van der Waals surface area contributed by atoms with E-state index >= 15 is 0 Å². The Morgan fingerprint density at radius 2 is 2.00 bits per heavy atom. The van der Waals surface area contributed by atoms with E-state index in [4.69, 9.17) is 0 Å². The van der Waals surface area contributed by atoms with Crippen molar-refractivity contribution in [2.45, 2.75) is 20.3 Å². The average molecular weight is 221 g/mol. The van der Waals surface area contributed by atoms with Crippen LogP contribution >= 0.6 is 15.9 Å². The lowest BCUT2D eigenvalue weighted by Gasteiger charge is -1.95. The molecule has 0 atom stereocenters. The normalized spacial score (nSPS) is 11.0. The Morgan fingerprint density at radius 1 is 1.45 bits per heavy atom. The second-order valence-corrected chi connectivity index (χ2v) is 3.32.